The van der Waals surface area contributed by atoms with Crippen molar-refractivity contribution in [3.63, 3.8) is 0 Å². The Bertz CT molecular complexity index is 2100. The van der Waals surface area contributed by atoms with Crippen molar-refractivity contribution in [2.24, 2.45) is 0 Å². The highest BCUT2D eigenvalue weighted by molar-refractivity contribution is 7.98. The van der Waals surface area contributed by atoms with Crippen LogP contribution >= 0.6 is 11.8 Å². The third-order valence-corrected chi connectivity index (χ3v) is 11.0. The van der Waals surface area contributed by atoms with Crippen molar-refractivity contribution in [2.75, 3.05) is 18.4 Å². The van der Waals surface area contributed by atoms with Crippen molar-refractivity contribution >= 4 is 52.9 Å². The smallest absolute Gasteiger partial charge is 0.274 e. The first-order valence-corrected chi connectivity index (χ1v) is 20.3. The van der Waals surface area contributed by atoms with E-state index in [1.165, 1.54) is 0 Å². The molecule has 2 aliphatic rings. The summed E-state index contributed by atoms with van der Waals surface area (Å²) in [6.07, 6.45) is 11.6. The standard InChI is InChI=1S/C41H46N8O7S/c50-35-21-20-34(39(53)44-35)49-40(54)32-14-11-15-33(36(32)41(49)55)42-22-8-6-4-2-1-3-5-7-9-23-43-37(51)27-16-18-31(19-17-27)57-26-29-25-48(47-45-29)30-13-10-12-28(24-30)38(52)46-56/h10-19,24-25,34,42,56H,1-9,20-23,26H2,(H,43,51)(H,46,52)(H,44,50,53). The molecule has 1 fully saturated rings. The van der Waals surface area contributed by atoms with Crippen molar-refractivity contribution in [3.05, 3.63) is 101 Å². The summed E-state index contributed by atoms with van der Waals surface area (Å²) >= 11 is 1.57. The normalized spacial score (nSPS) is 15.0. The number of nitrogens with one attached hydrogen (secondary N) is 4. The van der Waals surface area contributed by atoms with Crippen molar-refractivity contribution in [1.29, 1.82) is 0 Å². The summed E-state index contributed by atoms with van der Waals surface area (Å²) in [5.74, 6) is -2.16. The van der Waals surface area contributed by atoms with Gasteiger partial charge in [-0.3, -0.25) is 44.2 Å². The molecule has 1 atom stereocenters. The van der Waals surface area contributed by atoms with Crippen molar-refractivity contribution in [1.82, 2.24) is 36.0 Å². The lowest BCUT2D eigenvalue weighted by Crippen LogP contribution is -2.54. The molecular weight excluding hydrogens is 749 g/mol. The Kier molecular flexibility index (Phi) is 14.2. The third-order valence-electron chi connectivity index (χ3n) is 9.94. The van der Waals surface area contributed by atoms with Crippen LogP contribution in [-0.2, 0) is 15.3 Å². The van der Waals surface area contributed by atoms with Crippen LogP contribution in [0.5, 0.6) is 0 Å². The average molecular weight is 795 g/mol. The van der Waals surface area contributed by atoms with Gasteiger partial charge in [0.2, 0.25) is 11.8 Å². The highest BCUT2D eigenvalue weighted by Gasteiger charge is 2.45. The van der Waals surface area contributed by atoms with Crippen LogP contribution in [0.3, 0.4) is 0 Å². The number of thioether (sulfide) groups is 1. The number of hydrogen-bond donors (Lipinski definition) is 5. The minimum Gasteiger partial charge on any atom is -0.384 e. The molecule has 6 rings (SSSR count). The van der Waals surface area contributed by atoms with E-state index in [2.05, 4.69) is 26.3 Å². The Hall–Kier alpha value is -5.87. The van der Waals surface area contributed by atoms with Crippen LogP contribution in [0.4, 0.5) is 5.69 Å². The van der Waals surface area contributed by atoms with Crippen LogP contribution in [0, 0.1) is 0 Å². The number of unbranched alkanes of at least 4 members (excludes halogenated alkanes) is 8. The highest BCUT2D eigenvalue weighted by atomic mass is 32.2. The summed E-state index contributed by atoms with van der Waals surface area (Å²) in [7, 11) is 0. The number of piperidine rings is 1. The van der Waals surface area contributed by atoms with Crippen LogP contribution in [0.25, 0.3) is 5.69 Å². The molecule has 0 radical (unpaired) electrons. The zero-order chi connectivity index (χ0) is 40.1. The lowest BCUT2D eigenvalue weighted by Gasteiger charge is -2.27. The fourth-order valence-corrected chi connectivity index (χ4v) is 7.66. The number of benzene rings is 3. The summed E-state index contributed by atoms with van der Waals surface area (Å²) < 4.78 is 1.57. The Morgan fingerprint density at radius 2 is 1.51 bits per heavy atom. The molecular formula is C41H46N8O7S. The average Bonchev–Trinajstić information content (AvgIpc) is 3.81. The SMILES string of the molecule is O=C1CCC(N2C(=O)c3cccc(NCCCCCCCCCCCNC(=O)c4ccc(SCc5cn(-c6cccc(C(=O)NO)c6)nn5)cc4)c3C2=O)C(=O)N1. The summed E-state index contributed by atoms with van der Waals surface area (Å²) in [6, 6.07) is 18.3. The molecule has 3 aromatic carbocycles. The van der Waals surface area contributed by atoms with E-state index in [0.29, 0.717) is 41.3 Å². The van der Waals surface area contributed by atoms with Crippen LogP contribution < -0.4 is 21.4 Å². The molecule has 57 heavy (non-hydrogen) atoms. The molecule has 16 heteroatoms. The number of fused-ring (bicyclic) bond motifs is 1. The molecule has 15 nitrogen and oxygen atoms in total. The number of nitrogens with zero attached hydrogens (tertiary/aromatic N) is 4. The summed E-state index contributed by atoms with van der Waals surface area (Å²) in [5, 5.41) is 25.8. The topological polar surface area (TPSA) is 205 Å². The van der Waals surface area contributed by atoms with E-state index >= 15 is 0 Å². The van der Waals surface area contributed by atoms with E-state index in [1.54, 1.807) is 70.6 Å². The second-order valence-electron chi connectivity index (χ2n) is 14.0. The van der Waals surface area contributed by atoms with Gasteiger partial charge in [-0.1, -0.05) is 62.3 Å². The molecule has 298 valence electrons. The van der Waals surface area contributed by atoms with Gasteiger partial charge in [-0.15, -0.1) is 16.9 Å². The fraction of sp³-hybridized carbons (Fsp3) is 0.366. The molecule has 1 saturated heterocycles. The Morgan fingerprint density at radius 3 is 2.23 bits per heavy atom. The van der Waals surface area contributed by atoms with Gasteiger partial charge >= 0.3 is 0 Å². The summed E-state index contributed by atoms with van der Waals surface area (Å²) in [6.45, 7) is 1.29. The van der Waals surface area contributed by atoms with Gasteiger partial charge in [0, 0.05) is 47.0 Å². The van der Waals surface area contributed by atoms with Gasteiger partial charge in [-0.25, -0.2) is 10.2 Å². The summed E-state index contributed by atoms with van der Waals surface area (Å²) in [4.78, 5) is 76.5. The number of hydroxylamine groups is 1. The van der Waals surface area contributed by atoms with E-state index in [0.717, 1.165) is 73.3 Å². The van der Waals surface area contributed by atoms with Gasteiger partial charge in [0.05, 0.1) is 28.7 Å². The molecule has 0 aliphatic carbocycles. The molecule has 2 aliphatic heterocycles. The lowest BCUT2D eigenvalue weighted by molar-refractivity contribution is -0.136. The number of carbonyl (C=O) groups is 6. The Labute approximate surface area is 334 Å². The maximum Gasteiger partial charge on any atom is 0.274 e. The van der Waals surface area contributed by atoms with Gasteiger partial charge in [-0.2, -0.15) is 0 Å². The Morgan fingerprint density at radius 1 is 0.807 bits per heavy atom. The number of aromatic nitrogens is 3. The molecule has 6 amide bonds. The molecule has 0 bridgehead atoms. The predicted molar refractivity (Wildman–Crippen MR) is 212 cm³/mol. The van der Waals surface area contributed by atoms with E-state index in [1.807, 2.05) is 24.3 Å². The van der Waals surface area contributed by atoms with Crippen LogP contribution in [0.15, 0.2) is 77.8 Å². The zero-order valence-corrected chi connectivity index (χ0v) is 32.3. The first-order valence-electron chi connectivity index (χ1n) is 19.3. The van der Waals surface area contributed by atoms with Gasteiger partial charge < -0.3 is 10.6 Å². The molecule has 5 N–H and O–H groups in total. The number of amides is 6. The number of hydrogen-bond acceptors (Lipinski definition) is 11. The van der Waals surface area contributed by atoms with E-state index in [9.17, 15) is 28.8 Å². The van der Waals surface area contributed by atoms with Crippen molar-refractivity contribution in [2.45, 2.75) is 87.3 Å². The quantitative estimate of drug-likeness (QED) is 0.0251. The maximum atomic E-state index is 13.2. The van der Waals surface area contributed by atoms with Crippen molar-refractivity contribution in [3.8, 4) is 5.69 Å². The molecule has 0 spiro atoms. The van der Waals surface area contributed by atoms with Gasteiger partial charge in [0.1, 0.15) is 6.04 Å². The largest absolute Gasteiger partial charge is 0.384 e. The van der Waals surface area contributed by atoms with Crippen LogP contribution in [0.2, 0.25) is 0 Å². The minimum atomic E-state index is -0.981. The first kappa shape index (κ1) is 40.8. The monoisotopic (exact) mass is 794 g/mol. The lowest BCUT2D eigenvalue weighted by atomic mass is 10.0. The summed E-state index contributed by atoms with van der Waals surface area (Å²) in [5.41, 5.74) is 5.07. The molecule has 4 aromatic rings. The van der Waals surface area contributed by atoms with Gasteiger partial charge in [-0.05, 0) is 73.9 Å². The van der Waals surface area contributed by atoms with Crippen LogP contribution in [0.1, 0.15) is 118 Å². The van der Waals surface area contributed by atoms with E-state index < -0.39 is 35.6 Å². The first-order chi connectivity index (χ1) is 27.7. The number of rotatable bonds is 20. The highest BCUT2D eigenvalue weighted by Crippen LogP contribution is 2.32. The van der Waals surface area contributed by atoms with Gasteiger partial charge in [0.15, 0.2) is 0 Å². The zero-order valence-electron chi connectivity index (χ0n) is 31.5. The molecule has 1 unspecified atom stereocenters. The number of carbonyl (C=O) groups excluding carboxylic acids is 6. The second-order valence-corrected chi connectivity index (χ2v) is 15.0. The number of anilines is 1. The number of imide groups is 2. The molecule has 1 aromatic heterocycles. The minimum absolute atomic E-state index is 0.0851. The Balaban J connectivity index is 0.791. The van der Waals surface area contributed by atoms with E-state index in [4.69, 9.17) is 5.21 Å². The predicted octanol–water partition coefficient (Wildman–Crippen LogP) is 5.43. The van der Waals surface area contributed by atoms with Crippen LogP contribution in [-0.4, -0.2) is 79.7 Å². The van der Waals surface area contributed by atoms with Gasteiger partial charge in [0.25, 0.3) is 23.6 Å². The molecule has 0 saturated carbocycles. The maximum absolute atomic E-state index is 13.2. The molecule has 3 heterocycles. The van der Waals surface area contributed by atoms with E-state index in [-0.39, 0.29) is 29.9 Å². The fourth-order valence-electron chi connectivity index (χ4n) is 6.88. The third kappa shape index (κ3) is 10.5. The van der Waals surface area contributed by atoms with Crippen molar-refractivity contribution < 1.29 is 34.0 Å². The second kappa shape index (κ2) is 19.8.